The second kappa shape index (κ2) is 2.42. The van der Waals surface area contributed by atoms with E-state index in [1.165, 1.54) is 11.3 Å². The monoisotopic (exact) mass is 149 g/mol. The van der Waals surface area contributed by atoms with E-state index >= 15 is 0 Å². The molecule has 3 heteroatoms. The average Bonchev–Trinajstić information content (AvgIpc) is 2.47. The SMILES string of the molecule is CNc1c[nH]c2c1CCC=N2. The smallest absolute Gasteiger partial charge is 0.134 e. The average molecular weight is 149 g/mol. The van der Waals surface area contributed by atoms with Crippen LogP contribution in [0, 0.1) is 0 Å². The van der Waals surface area contributed by atoms with Crippen LogP contribution in [0.15, 0.2) is 11.2 Å². The van der Waals surface area contributed by atoms with Gasteiger partial charge < -0.3 is 10.3 Å². The molecule has 2 N–H and O–H groups in total. The maximum atomic E-state index is 4.24. The summed E-state index contributed by atoms with van der Waals surface area (Å²) < 4.78 is 0. The first kappa shape index (κ1) is 6.46. The van der Waals surface area contributed by atoms with Gasteiger partial charge >= 0.3 is 0 Å². The Kier molecular flexibility index (Phi) is 1.42. The van der Waals surface area contributed by atoms with Gasteiger partial charge in [-0.15, -0.1) is 0 Å². The molecular weight excluding hydrogens is 138 g/mol. The van der Waals surface area contributed by atoms with Gasteiger partial charge in [-0.3, -0.25) is 0 Å². The highest BCUT2D eigenvalue weighted by atomic mass is 15.0. The van der Waals surface area contributed by atoms with Crippen molar-refractivity contribution in [3.8, 4) is 0 Å². The van der Waals surface area contributed by atoms with Crippen molar-refractivity contribution in [1.82, 2.24) is 4.98 Å². The predicted molar refractivity (Wildman–Crippen MR) is 46.8 cm³/mol. The molecule has 0 spiro atoms. The number of hydrogen-bond acceptors (Lipinski definition) is 2. The zero-order valence-electron chi connectivity index (χ0n) is 6.52. The molecule has 0 aliphatic carbocycles. The van der Waals surface area contributed by atoms with Gasteiger partial charge in [-0.25, -0.2) is 4.99 Å². The second-order valence-corrected chi connectivity index (χ2v) is 2.63. The van der Waals surface area contributed by atoms with E-state index < -0.39 is 0 Å². The summed E-state index contributed by atoms with van der Waals surface area (Å²) in [6, 6.07) is 0. The second-order valence-electron chi connectivity index (χ2n) is 2.63. The van der Waals surface area contributed by atoms with Crippen molar-refractivity contribution < 1.29 is 0 Å². The topological polar surface area (TPSA) is 40.2 Å². The van der Waals surface area contributed by atoms with Crippen molar-refractivity contribution in [2.45, 2.75) is 12.8 Å². The van der Waals surface area contributed by atoms with Crippen LogP contribution in [0.3, 0.4) is 0 Å². The van der Waals surface area contributed by atoms with Gasteiger partial charge in [-0.1, -0.05) is 0 Å². The molecule has 3 nitrogen and oxygen atoms in total. The summed E-state index contributed by atoms with van der Waals surface area (Å²) in [7, 11) is 1.93. The Hall–Kier alpha value is -1.25. The Morgan fingerprint density at radius 1 is 1.64 bits per heavy atom. The molecule has 2 rings (SSSR count). The molecule has 0 fully saturated rings. The highest BCUT2D eigenvalue weighted by Gasteiger charge is 2.10. The molecule has 0 saturated heterocycles. The third-order valence-corrected chi connectivity index (χ3v) is 1.98. The summed E-state index contributed by atoms with van der Waals surface area (Å²) in [4.78, 5) is 7.36. The van der Waals surface area contributed by atoms with E-state index in [2.05, 4.69) is 15.3 Å². The van der Waals surface area contributed by atoms with Gasteiger partial charge in [-0.2, -0.15) is 0 Å². The summed E-state index contributed by atoms with van der Waals surface area (Å²) in [6.07, 6.45) is 6.07. The molecule has 2 heterocycles. The Labute approximate surface area is 65.5 Å². The van der Waals surface area contributed by atoms with Gasteiger partial charge in [-0.05, 0) is 12.8 Å². The number of nitrogens with one attached hydrogen (secondary N) is 2. The van der Waals surface area contributed by atoms with Crippen molar-refractivity contribution >= 4 is 17.7 Å². The van der Waals surface area contributed by atoms with Crippen LogP contribution in [0.25, 0.3) is 0 Å². The van der Waals surface area contributed by atoms with Gasteiger partial charge in [0, 0.05) is 25.0 Å². The van der Waals surface area contributed by atoms with Crippen LogP contribution in [-0.4, -0.2) is 18.2 Å². The summed E-state index contributed by atoms with van der Waals surface area (Å²) >= 11 is 0. The summed E-state index contributed by atoms with van der Waals surface area (Å²) in [5.74, 6) is 1.01. The number of aliphatic imine (C=N–C) groups is 1. The van der Waals surface area contributed by atoms with Crippen molar-refractivity contribution in [2.24, 2.45) is 4.99 Å². The van der Waals surface area contributed by atoms with Crippen LogP contribution in [0.1, 0.15) is 12.0 Å². The van der Waals surface area contributed by atoms with Crippen LogP contribution in [-0.2, 0) is 6.42 Å². The third kappa shape index (κ3) is 0.926. The molecule has 0 unspecified atom stereocenters. The Morgan fingerprint density at radius 3 is 3.36 bits per heavy atom. The number of hydrogen-bond donors (Lipinski definition) is 2. The summed E-state index contributed by atoms with van der Waals surface area (Å²) in [5.41, 5.74) is 2.49. The van der Waals surface area contributed by atoms with Crippen molar-refractivity contribution in [1.29, 1.82) is 0 Å². The van der Waals surface area contributed by atoms with Crippen molar-refractivity contribution in [3.63, 3.8) is 0 Å². The molecule has 1 aliphatic rings. The first-order valence-electron chi connectivity index (χ1n) is 3.82. The van der Waals surface area contributed by atoms with Crippen molar-refractivity contribution in [2.75, 3.05) is 12.4 Å². The highest BCUT2D eigenvalue weighted by molar-refractivity contribution is 5.72. The van der Waals surface area contributed by atoms with Gasteiger partial charge in [0.1, 0.15) is 5.82 Å². The highest BCUT2D eigenvalue weighted by Crippen LogP contribution is 2.29. The molecule has 1 aliphatic heterocycles. The predicted octanol–water partition coefficient (Wildman–Crippen LogP) is 1.70. The molecule has 0 radical (unpaired) electrons. The quantitative estimate of drug-likeness (QED) is 0.627. The Bertz CT molecular complexity index is 286. The van der Waals surface area contributed by atoms with Crippen LogP contribution < -0.4 is 5.32 Å². The lowest BCUT2D eigenvalue weighted by Crippen LogP contribution is -1.95. The fourth-order valence-electron chi connectivity index (χ4n) is 1.40. The van der Waals surface area contributed by atoms with E-state index in [0.717, 1.165) is 18.7 Å². The zero-order chi connectivity index (χ0) is 7.68. The molecule has 0 saturated carbocycles. The Morgan fingerprint density at radius 2 is 2.55 bits per heavy atom. The number of rotatable bonds is 1. The van der Waals surface area contributed by atoms with E-state index in [1.54, 1.807) is 0 Å². The maximum Gasteiger partial charge on any atom is 0.134 e. The number of aromatic amines is 1. The molecule has 1 aromatic heterocycles. The van der Waals surface area contributed by atoms with Crippen LogP contribution in [0.4, 0.5) is 11.5 Å². The van der Waals surface area contributed by atoms with E-state index in [4.69, 9.17) is 0 Å². The summed E-state index contributed by atoms with van der Waals surface area (Å²) in [6.45, 7) is 0. The van der Waals surface area contributed by atoms with E-state index in [0.29, 0.717) is 0 Å². The van der Waals surface area contributed by atoms with E-state index in [-0.39, 0.29) is 0 Å². The van der Waals surface area contributed by atoms with Gasteiger partial charge in [0.05, 0.1) is 5.69 Å². The number of aromatic nitrogens is 1. The van der Waals surface area contributed by atoms with Crippen LogP contribution >= 0.6 is 0 Å². The maximum absolute atomic E-state index is 4.24. The molecule has 0 atom stereocenters. The number of anilines is 1. The Balaban J connectivity index is 2.47. The normalized spacial score (nSPS) is 14.6. The molecule has 0 aromatic carbocycles. The number of H-pyrrole nitrogens is 1. The van der Waals surface area contributed by atoms with Gasteiger partial charge in [0.15, 0.2) is 0 Å². The first-order valence-corrected chi connectivity index (χ1v) is 3.82. The fourth-order valence-corrected chi connectivity index (χ4v) is 1.40. The minimum atomic E-state index is 1.01. The minimum absolute atomic E-state index is 1.01. The first-order chi connectivity index (χ1) is 5.42. The lowest BCUT2D eigenvalue weighted by atomic mass is 10.1. The molecular formula is C8H11N3. The lowest BCUT2D eigenvalue weighted by Gasteiger charge is -2.05. The molecule has 1 aromatic rings. The van der Waals surface area contributed by atoms with Crippen LogP contribution in [0.5, 0.6) is 0 Å². The molecule has 58 valence electrons. The standard InChI is InChI=1S/C8H11N3/c1-9-7-5-11-8-6(7)3-2-4-10-8/h4-5,9,11H,2-3H2,1H3. The van der Waals surface area contributed by atoms with E-state index in [9.17, 15) is 0 Å². The largest absolute Gasteiger partial charge is 0.387 e. The van der Waals surface area contributed by atoms with Gasteiger partial charge in [0.25, 0.3) is 0 Å². The fraction of sp³-hybridized carbons (Fsp3) is 0.375. The molecule has 0 amide bonds. The number of fused-ring (bicyclic) bond motifs is 1. The lowest BCUT2D eigenvalue weighted by molar-refractivity contribution is 1.03. The number of nitrogens with zero attached hydrogens (tertiary/aromatic N) is 1. The molecule has 11 heavy (non-hydrogen) atoms. The van der Waals surface area contributed by atoms with E-state index in [1.807, 2.05) is 19.5 Å². The molecule has 0 bridgehead atoms. The zero-order valence-corrected chi connectivity index (χ0v) is 6.52. The van der Waals surface area contributed by atoms with Gasteiger partial charge in [0.2, 0.25) is 0 Å². The minimum Gasteiger partial charge on any atom is -0.387 e. The van der Waals surface area contributed by atoms with Crippen LogP contribution in [0.2, 0.25) is 0 Å². The summed E-state index contributed by atoms with van der Waals surface area (Å²) in [5, 5.41) is 3.13. The van der Waals surface area contributed by atoms with Crippen molar-refractivity contribution in [3.05, 3.63) is 11.8 Å². The third-order valence-electron chi connectivity index (χ3n) is 1.98.